The zero-order chi connectivity index (χ0) is 15.5. The van der Waals surface area contributed by atoms with Crippen LogP contribution in [0.1, 0.15) is 37.3 Å². The fourth-order valence-corrected chi connectivity index (χ4v) is 4.29. The van der Waals surface area contributed by atoms with E-state index in [0.29, 0.717) is 5.56 Å². The number of fused-ring (bicyclic) bond motifs is 4. The molecule has 1 aromatic carbocycles. The van der Waals surface area contributed by atoms with Gasteiger partial charge >= 0.3 is 6.18 Å². The number of hydrazone groups is 1. The number of hydrogen-bond donors (Lipinski definition) is 0. The highest BCUT2D eigenvalue weighted by molar-refractivity contribution is 6.03. The largest absolute Gasteiger partial charge is 0.416 e. The predicted molar refractivity (Wildman–Crippen MR) is 79.6 cm³/mol. The second-order valence-electron chi connectivity index (χ2n) is 6.33. The first-order valence-corrected chi connectivity index (χ1v) is 7.67. The smallest absolute Gasteiger partial charge is 0.292 e. The monoisotopic (exact) mass is 306 g/mol. The third-order valence-corrected chi connectivity index (χ3v) is 5.22. The Labute approximate surface area is 127 Å². The summed E-state index contributed by atoms with van der Waals surface area (Å²) < 4.78 is 40.5. The van der Waals surface area contributed by atoms with Crippen LogP contribution in [-0.2, 0) is 5.41 Å². The number of rotatable bonds is 0. The first kappa shape index (κ1) is 13.9. The van der Waals surface area contributed by atoms with Crippen molar-refractivity contribution in [1.29, 1.82) is 0 Å². The Kier molecular flexibility index (Phi) is 2.75. The van der Waals surface area contributed by atoms with Crippen LogP contribution in [0.25, 0.3) is 5.57 Å². The number of nitrogens with zero attached hydrogens (tertiary/aromatic N) is 2. The highest BCUT2D eigenvalue weighted by Gasteiger charge is 2.56. The third-order valence-electron chi connectivity index (χ3n) is 5.22. The van der Waals surface area contributed by atoms with Crippen LogP contribution in [0.3, 0.4) is 0 Å². The molecule has 2 aliphatic heterocycles. The lowest BCUT2D eigenvalue weighted by Gasteiger charge is -2.38. The SMILES string of the molecule is CC1=NN2CCCC[C@@H]2[C@]12C=C(C(F)(F)F)c1ccccc12. The van der Waals surface area contributed by atoms with Gasteiger partial charge in [-0.1, -0.05) is 30.3 Å². The van der Waals surface area contributed by atoms with Gasteiger partial charge in [-0.2, -0.15) is 18.3 Å². The molecule has 0 bridgehead atoms. The van der Waals surface area contributed by atoms with Crippen molar-refractivity contribution in [2.75, 3.05) is 6.54 Å². The van der Waals surface area contributed by atoms with Crippen LogP contribution in [0.15, 0.2) is 35.4 Å². The average molecular weight is 306 g/mol. The molecule has 2 nitrogen and oxygen atoms in total. The van der Waals surface area contributed by atoms with Crippen LogP contribution in [0.5, 0.6) is 0 Å². The van der Waals surface area contributed by atoms with Crippen LogP contribution >= 0.6 is 0 Å². The minimum Gasteiger partial charge on any atom is -0.292 e. The van der Waals surface area contributed by atoms with Crippen molar-refractivity contribution in [1.82, 2.24) is 5.01 Å². The average Bonchev–Trinajstić information content (AvgIpc) is 2.98. The Morgan fingerprint density at radius 1 is 1.23 bits per heavy atom. The Morgan fingerprint density at radius 3 is 2.77 bits per heavy atom. The maximum Gasteiger partial charge on any atom is 0.416 e. The molecule has 3 aliphatic rings. The van der Waals surface area contributed by atoms with E-state index >= 15 is 0 Å². The molecule has 0 unspecified atom stereocenters. The van der Waals surface area contributed by atoms with Gasteiger partial charge in [0.1, 0.15) is 0 Å². The van der Waals surface area contributed by atoms with E-state index in [2.05, 4.69) is 5.10 Å². The van der Waals surface area contributed by atoms with Gasteiger partial charge in [0, 0.05) is 6.54 Å². The van der Waals surface area contributed by atoms with Crippen LogP contribution in [0.2, 0.25) is 0 Å². The number of allylic oxidation sites excluding steroid dienone is 1. The van der Waals surface area contributed by atoms with Crippen molar-refractivity contribution < 1.29 is 13.2 Å². The maximum atomic E-state index is 13.5. The van der Waals surface area contributed by atoms with Crippen molar-refractivity contribution in [3.8, 4) is 0 Å². The molecule has 0 aromatic heterocycles. The predicted octanol–water partition coefficient (Wildman–Crippen LogP) is 4.13. The lowest BCUT2D eigenvalue weighted by molar-refractivity contribution is -0.0688. The molecule has 1 saturated heterocycles. The molecule has 1 aromatic rings. The molecule has 116 valence electrons. The zero-order valence-electron chi connectivity index (χ0n) is 12.3. The topological polar surface area (TPSA) is 15.6 Å². The molecule has 2 heterocycles. The quantitative estimate of drug-likeness (QED) is 0.704. The van der Waals surface area contributed by atoms with Gasteiger partial charge in [-0.25, -0.2) is 0 Å². The summed E-state index contributed by atoms with van der Waals surface area (Å²) in [5.74, 6) is 0. The van der Waals surface area contributed by atoms with E-state index in [-0.39, 0.29) is 6.04 Å². The maximum absolute atomic E-state index is 13.5. The molecule has 22 heavy (non-hydrogen) atoms. The molecule has 2 atom stereocenters. The van der Waals surface area contributed by atoms with E-state index < -0.39 is 17.2 Å². The summed E-state index contributed by atoms with van der Waals surface area (Å²) in [6, 6.07) is 6.94. The number of halogens is 3. The standard InChI is InChI=1S/C17H17F3N2/c1-11-16(15-8-4-5-9-22(15)21-11)10-14(17(18,19)20)12-6-2-3-7-13(12)16/h2-3,6-7,10,15H,4-5,8-9H2,1H3/t15-,16-/m1/s1. The molecular weight excluding hydrogens is 289 g/mol. The summed E-state index contributed by atoms with van der Waals surface area (Å²) in [6.07, 6.45) is 0.0925. The lowest BCUT2D eigenvalue weighted by atomic mass is 9.71. The van der Waals surface area contributed by atoms with E-state index in [4.69, 9.17) is 0 Å². The first-order chi connectivity index (χ1) is 10.4. The molecule has 0 amide bonds. The number of hydrogen-bond acceptors (Lipinski definition) is 2. The summed E-state index contributed by atoms with van der Waals surface area (Å²) in [5, 5.41) is 6.60. The molecule has 1 fully saturated rings. The van der Waals surface area contributed by atoms with E-state index in [1.807, 2.05) is 24.1 Å². The first-order valence-electron chi connectivity index (χ1n) is 7.67. The third kappa shape index (κ3) is 1.65. The van der Waals surface area contributed by atoms with Crippen molar-refractivity contribution in [2.24, 2.45) is 5.10 Å². The Bertz CT molecular complexity index is 689. The van der Waals surface area contributed by atoms with E-state index in [1.54, 1.807) is 12.1 Å². The minimum atomic E-state index is -4.33. The van der Waals surface area contributed by atoms with Gasteiger partial charge in [-0.05, 0) is 37.3 Å². The van der Waals surface area contributed by atoms with Crippen LogP contribution in [0, 0.1) is 0 Å². The van der Waals surface area contributed by atoms with Crippen molar-refractivity contribution in [3.63, 3.8) is 0 Å². The normalized spacial score (nSPS) is 30.2. The molecule has 0 N–H and O–H groups in total. The fraction of sp³-hybridized carbons (Fsp3) is 0.471. The van der Waals surface area contributed by atoms with Crippen LogP contribution < -0.4 is 0 Å². The molecule has 1 spiro atoms. The van der Waals surface area contributed by atoms with Crippen LogP contribution in [-0.4, -0.2) is 29.5 Å². The highest BCUT2D eigenvalue weighted by Crippen LogP contribution is 2.53. The molecule has 4 rings (SSSR count). The Morgan fingerprint density at radius 2 is 2.00 bits per heavy atom. The second kappa shape index (κ2) is 4.37. The number of benzene rings is 1. The van der Waals surface area contributed by atoms with Gasteiger partial charge in [-0.3, -0.25) is 5.01 Å². The van der Waals surface area contributed by atoms with Gasteiger partial charge in [0.2, 0.25) is 0 Å². The molecular formula is C17H17F3N2. The summed E-state index contributed by atoms with van der Waals surface area (Å²) in [5.41, 5.74) is 0.646. The van der Waals surface area contributed by atoms with Gasteiger partial charge in [0.15, 0.2) is 0 Å². The Hall–Kier alpha value is -1.78. The Balaban J connectivity index is 1.95. The van der Waals surface area contributed by atoms with E-state index in [9.17, 15) is 13.2 Å². The minimum absolute atomic E-state index is 0.0160. The second-order valence-corrected chi connectivity index (χ2v) is 6.33. The lowest BCUT2D eigenvalue weighted by Crippen LogP contribution is -2.46. The molecule has 1 aliphatic carbocycles. The van der Waals surface area contributed by atoms with E-state index in [0.717, 1.165) is 37.1 Å². The van der Waals surface area contributed by atoms with Gasteiger partial charge in [-0.15, -0.1) is 0 Å². The van der Waals surface area contributed by atoms with Crippen LogP contribution in [0.4, 0.5) is 13.2 Å². The van der Waals surface area contributed by atoms with Gasteiger partial charge in [0.05, 0.1) is 22.7 Å². The summed E-state index contributed by atoms with van der Waals surface area (Å²) in [4.78, 5) is 0. The summed E-state index contributed by atoms with van der Waals surface area (Å²) in [7, 11) is 0. The van der Waals surface area contributed by atoms with Crippen molar-refractivity contribution in [2.45, 2.75) is 43.8 Å². The van der Waals surface area contributed by atoms with E-state index in [1.165, 1.54) is 6.08 Å². The van der Waals surface area contributed by atoms with Crippen molar-refractivity contribution in [3.05, 3.63) is 41.5 Å². The zero-order valence-corrected chi connectivity index (χ0v) is 12.3. The van der Waals surface area contributed by atoms with Gasteiger partial charge in [0.25, 0.3) is 0 Å². The highest BCUT2D eigenvalue weighted by atomic mass is 19.4. The molecule has 0 saturated carbocycles. The fourth-order valence-electron chi connectivity index (χ4n) is 4.29. The van der Waals surface area contributed by atoms with Gasteiger partial charge < -0.3 is 0 Å². The number of piperidine rings is 1. The molecule has 0 radical (unpaired) electrons. The van der Waals surface area contributed by atoms with Crippen molar-refractivity contribution >= 4 is 11.3 Å². The number of alkyl halides is 3. The summed E-state index contributed by atoms with van der Waals surface area (Å²) in [6.45, 7) is 2.70. The molecule has 5 heteroatoms. The summed E-state index contributed by atoms with van der Waals surface area (Å²) >= 11 is 0.